The van der Waals surface area contributed by atoms with Crippen LogP contribution in [0.2, 0.25) is 0 Å². The Labute approximate surface area is 211 Å². The van der Waals surface area contributed by atoms with Gasteiger partial charge in [-0.25, -0.2) is 0 Å². The average Bonchev–Trinajstić information content (AvgIpc) is 2.70. The molecule has 0 spiro atoms. The van der Waals surface area contributed by atoms with Crippen molar-refractivity contribution >= 4 is 22.0 Å². The molecule has 1 aliphatic heterocycles. The molecule has 33 heavy (non-hydrogen) atoms. The SMILES string of the molecule is CCCCCC/C=C/c1cc(C(C)(C)C)cc2c1Oc1c(Br)cc(C(C)(C)C)cc1C2(C)C. The Hall–Kier alpha value is -1.54. The van der Waals surface area contributed by atoms with E-state index in [1.165, 1.54) is 53.5 Å². The average molecular weight is 512 g/mol. The Morgan fingerprint density at radius 2 is 1.39 bits per heavy atom. The van der Waals surface area contributed by atoms with Gasteiger partial charge in [-0.1, -0.05) is 106 Å². The van der Waals surface area contributed by atoms with Crippen molar-refractivity contribution in [3.63, 3.8) is 0 Å². The summed E-state index contributed by atoms with van der Waals surface area (Å²) >= 11 is 3.84. The summed E-state index contributed by atoms with van der Waals surface area (Å²) in [6.07, 6.45) is 10.9. The van der Waals surface area contributed by atoms with Crippen molar-refractivity contribution in [3.8, 4) is 11.5 Å². The number of benzene rings is 2. The first kappa shape index (κ1) is 26.1. The van der Waals surface area contributed by atoms with Crippen LogP contribution in [-0.4, -0.2) is 0 Å². The summed E-state index contributed by atoms with van der Waals surface area (Å²) in [6.45, 7) is 20.7. The van der Waals surface area contributed by atoms with Crippen LogP contribution in [0.4, 0.5) is 0 Å². The highest BCUT2D eigenvalue weighted by Crippen LogP contribution is 2.53. The van der Waals surface area contributed by atoms with Crippen LogP contribution < -0.4 is 4.74 Å². The van der Waals surface area contributed by atoms with E-state index in [0.29, 0.717) is 0 Å². The number of halogens is 1. The quantitative estimate of drug-likeness (QED) is 0.351. The van der Waals surface area contributed by atoms with Crippen LogP contribution in [0.15, 0.2) is 34.8 Å². The van der Waals surface area contributed by atoms with Gasteiger partial charge in [-0.05, 0) is 62.9 Å². The molecule has 0 unspecified atom stereocenters. The van der Waals surface area contributed by atoms with Crippen molar-refractivity contribution in [2.75, 3.05) is 0 Å². The minimum atomic E-state index is -0.155. The molecular weight excluding hydrogens is 468 g/mol. The van der Waals surface area contributed by atoms with Gasteiger partial charge in [0.2, 0.25) is 0 Å². The van der Waals surface area contributed by atoms with Crippen LogP contribution in [0, 0.1) is 0 Å². The maximum absolute atomic E-state index is 6.71. The van der Waals surface area contributed by atoms with Gasteiger partial charge in [0.25, 0.3) is 0 Å². The third kappa shape index (κ3) is 5.59. The number of unbranched alkanes of at least 4 members (excludes halogenated alkanes) is 4. The molecule has 2 aromatic rings. The predicted molar refractivity (Wildman–Crippen MR) is 148 cm³/mol. The first-order valence-electron chi connectivity index (χ1n) is 12.6. The molecule has 0 bridgehead atoms. The van der Waals surface area contributed by atoms with Gasteiger partial charge < -0.3 is 4.74 Å². The van der Waals surface area contributed by atoms with Gasteiger partial charge in [0.1, 0.15) is 11.5 Å². The second-order valence-electron chi connectivity index (χ2n) is 12.3. The van der Waals surface area contributed by atoms with Crippen molar-refractivity contribution in [1.82, 2.24) is 0 Å². The topological polar surface area (TPSA) is 9.23 Å². The van der Waals surface area contributed by atoms with Gasteiger partial charge in [0.15, 0.2) is 0 Å². The lowest BCUT2D eigenvalue weighted by Crippen LogP contribution is -2.27. The highest BCUT2D eigenvalue weighted by atomic mass is 79.9. The summed E-state index contributed by atoms with van der Waals surface area (Å²) in [4.78, 5) is 0. The summed E-state index contributed by atoms with van der Waals surface area (Å²) in [5.74, 6) is 1.97. The lowest BCUT2D eigenvalue weighted by molar-refractivity contribution is 0.411. The van der Waals surface area contributed by atoms with E-state index >= 15 is 0 Å². The minimum absolute atomic E-state index is 0.0724. The van der Waals surface area contributed by atoms with Gasteiger partial charge in [0, 0.05) is 22.1 Å². The number of allylic oxidation sites excluding steroid dienone is 1. The van der Waals surface area contributed by atoms with E-state index in [0.717, 1.165) is 22.4 Å². The van der Waals surface area contributed by atoms with Crippen LogP contribution in [0.25, 0.3) is 6.08 Å². The molecule has 0 saturated carbocycles. The summed E-state index contributed by atoms with van der Waals surface area (Å²) in [7, 11) is 0. The first-order chi connectivity index (χ1) is 15.3. The lowest BCUT2D eigenvalue weighted by Gasteiger charge is -2.38. The number of rotatable bonds is 6. The van der Waals surface area contributed by atoms with Crippen LogP contribution >= 0.6 is 15.9 Å². The fourth-order valence-electron chi connectivity index (χ4n) is 4.53. The Kier molecular flexibility index (Phi) is 7.59. The fourth-order valence-corrected chi connectivity index (χ4v) is 5.07. The molecule has 0 atom stereocenters. The van der Waals surface area contributed by atoms with E-state index in [4.69, 9.17) is 4.74 Å². The lowest BCUT2D eigenvalue weighted by atomic mass is 9.71. The summed E-state index contributed by atoms with van der Waals surface area (Å²) in [5, 5.41) is 0. The first-order valence-corrected chi connectivity index (χ1v) is 13.4. The van der Waals surface area contributed by atoms with Gasteiger partial charge >= 0.3 is 0 Å². The number of hydrogen-bond donors (Lipinski definition) is 0. The molecule has 180 valence electrons. The second-order valence-corrected chi connectivity index (χ2v) is 13.1. The largest absolute Gasteiger partial charge is 0.455 e. The maximum Gasteiger partial charge on any atom is 0.145 e. The van der Waals surface area contributed by atoms with Crippen LogP contribution in [0.1, 0.15) is 122 Å². The molecule has 1 aliphatic rings. The third-order valence-corrected chi connectivity index (χ3v) is 7.55. The van der Waals surface area contributed by atoms with Crippen LogP contribution in [0.5, 0.6) is 11.5 Å². The molecular formula is C31H43BrO. The molecule has 0 radical (unpaired) electrons. The monoisotopic (exact) mass is 510 g/mol. The smallest absolute Gasteiger partial charge is 0.145 e. The standard InChI is InChI=1S/C31H43BrO/c1-10-11-12-13-14-15-16-21-17-22(29(2,3)4)18-24-27(21)33-28-25(31(24,8)9)19-23(20-26(28)32)30(5,6)7/h15-20H,10-14H2,1-9H3/b16-15+. The zero-order valence-electron chi connectivity index (χ0n) is 22.3. The molecule has 0 N–H and O–H groups in total. The van der Waals surface area contributed by atoms with E-state index in [1.807, 2.05) is 0 Å². The molecule has 0 aliphatic carbocycles. The second kappa shape index (κ2) is 9.61. The summed E-state index contributed by atoms with van der Waals surface area (Å²) in [5.41, 5.74) is 6.41. The molecule has 2 aromatic carbocycles. The van der Waals surface area contributed by atoms with Crippen molar-refractivity contribution in [2.45, 2.75) is 111 Å². The van der Waals surface area contributed by atoms with Crippen molar-refractivity contribution in [2.24, 2.45) is 0 Å². The Morgan fingerprint density at radius 1 is 0.818 bits per heavy atom. The van der Waals surface area contributed by atoms with Crippen molar-refractivity contribution < 1.29 is 4.74 Å². The predicted octanol–water partition coefficient (Wildman–Crippen LogP) is 10.5. The Bertz CT molecular complexity index is 1030. The molecule has 0 aromatic heterocycles. The molecule has 1 nitrogen and oxygen atoms in total. The molecule has 0 fully saturated rings. The Morgan fingerprint density at radius 3 is 1.97 bits per heavy atom. The molecule has 2 heteroatoms. The van der Waals surface area contributed by atoms with E-state index in [1.54, 1.807) is 0 Å². The van der Waals surface area contributed by atoms with Gasteiger partial charge in [0.05, 0.1) is 4.47 Å². The van der Waals surface area contributed by atoms with E-state index in [9.17, 15) is 0 Å². The normalized spacial score (nSPS) is 15.3. The fraction of sp³-hybridized carbons (Fsp3) is 0.548. The number of hydrogen-bond acceptors (Lipinski definition) is 1. The molecule has 3 rings (SSSR count). The van der Waals surface area contributed by atoms with Gasteiger partial charge in [-0.3, -0.25) is 0 Å². The number of ether oxygens (including phenoxy) is 1. The molecule has 0 amide bonds. The molecule has 0 saturated heterocycles. The zero-order valence-corrected chi connectivity index (χ0v) is 23.9. The Balaban J connectivity index is 2.13. The van der Waals surface area contributed by atoms with Gasteiger partial charge in [-0.2, -0.15) is 0 Å². The maximum atomic E-state index is 6.71. The zero-order chi connectivity index (χ0) is 24.6. The minimum Gasteiger partial charge on any atom is -0.455 e. The van der Waals surface area contributed by atoms with E-state index in [2.05, 4.69) is 115 Å². The summed E-state index contributed by atoms with van der Waals surface area (Å²) < 4.78 is 7.75. The highest BCUT2D eigenvalue weighted by Gasteiger charge is 2.38. The number of fused-ring (bicyclic) bond motifs is 2. The third-order valence-electron chi connectivity index (χ3n) is 6.97. The van der Waals surface area contributed by atoms with Crippen LogP contribution in [-0.2, 0) is 16.2 Å². The molecule has 1 heterocycles. The summed E-state index contributed by atoms with van der Waals surface area (Å²) in [6, 6.07) is 9.30. The van der Waals surface area contributed by atoms with Crippen LogP contribution in [0.3, 0.4) is 0 Å². The van der Waals surface area contributed by atoms with E-state index in [-0.39, 0.29) is 16.2 Å². The van der Waals surface area contributed by atoms with Gasteiger partial charge in [-0.15, -0.1) is 0 Å². The van der Waals surface area contributed by atoms with E-state index < -0.39 is 0 Å². The highest BCUT2D eigenvalue weighted by molar-refractivity contribution is 9.10. The van der Waals surface area contributed by atoms with Crippen molar-refractivity contribution in [1.29, 1.82) is 0 Å². The van der Waals surface area contributed by atoms with Crippen molar-refractivity contribution in [3.05, 3.63) is 62.6 Å².